The normalized spacial score (nSPS) is 19.2. The van der Waals surface area contributed by atoms with E-state index in [9.17, 15) is 9.90 Å². The maximum atomic E-state index is 12.9. The highest BCUT2D eigenvalue weighted by Crippen LogP contribution is 2.28. The average molecular weight is 468 g/mol. The third-order valence-corrected chi connectivity index (χ3v) is 7.08. The van der Waals surface area contributed by atoms with Crippen LogP contribution in [-0.2, 0) is 6.54 Å². The highest BCUT2D eigenvalue weighted by atomic mass is 16.5. The predicted molar refractivity (Wildman–Crippen MR) is 134 cm³/mol. The van der Waals surface area contributed by atoms with E-state index in [1.807, 2.05) is 29.2 Å². The molecule has 184 valence electrons. The van der Waals surface area contributed by atoms with Crippen LogP contribution in [0.2, 0.25) is 0 Å². The maximum Gasteiger partial charge on any atom is 0.253 e. The van der Waals surface area contributed by atoms with Gasteiger partial charge in [-0.05, 0) is 73.6 Å². The van der Waals surface area contributed by atoms with Crippen LogP contribution >= 0.6 is 0 Å². The SMILES string of the molecule is COc1ccc(CNC2CCN(c3ccc(C(=O)N4CCC[C@H](CO)C4)cc3)CC2)cc1OC. The molecule has 4 rings (SSSR count). The molecule has 2 heterocycles. The zero-order valence-corrected chi connectivity index (χ0v) is 20.3. The number of aliphatic hydroxyl groups is 1. The molecule has 0 bridgehead atoms. The highest BCUT2D eigenvalue weighted by molar-refractivity contribution is 5.94. The van der Waals surface area contributed by atoms with E-state index in [1.54, 1.807) is 14.2 Å². The summed E-state index contributed by atoms with van der Waals surface area (Å²) in [5.74, 6) is 1.78. The predicted octanol–water partition coefficient (Wildman–Crippen LogP) is 3.31. The summed E-state index contributed by atoms with van der Waals surface area (Å²) < 4.78 is 10.7. The number of carbonyl (C=O) groups excluding carboxylic acids is 1. The van der Waals surface area contributed by atoms with Gasteiger partial charge >= 0.3 is 0 Å². The lowest BCUT2D eigenvalue weighted by Gasteiger charge is -2.34. The van der Waals surface area contributed by atoms with Crippen molar-refractivity contribution in [1.82, 2.24) is 10.2 Å². The van der Waals surface area contributed by atoms with Crippen LogP contribution in [0.5, 0.6) is 11.5 Å². The molecule has 0 saturated carbocycles. The average Bonchev–Trinajstić information content (AvgIpc) is 2.91. The largest absolute Gasteiger partial charge is 0.493 e. The number of ether oxygens (including phenoxy) is 2. The van der Waals surface area contributed by atoms with Gasteiger partial charge in [0.2, 0.25) is 0 Å². The van der Waals surface area contributed by atoms with E-state index >= 15 is 0 Å². The number of aliphatic hydroxyl groups excluding tert-OH is 1. The molecule has 2 saturated heterocycles. The molecule has 0 aliphatic carbocycles. The van der Waals surface area contributed by atoms with Crippen molar-refractivity contribution in [2.24, 2.45) is 5.92 Å². The van der Waals surface area contributed by atoms with Crippen LogP contribution in [0.25, 0.3) is 0 Å². The smallest absolute Gasteiger partial charge is 0.253 e. The number of rotatable bonds is 8. The lowest BCUT2D eigenvalue weighted by atomic mass is 9.98. The monoisotopic (exact) mass is 467 g/mol. The molecular weight excluding hydrogens is 430 g/mol. The van der Waals surface area contributed by atoms with Gasteiger partial charge in [0, 0.05) is 56.6 Å². The van der Waals surface area contributed by atoms with E-state index in [-0.39, 0.29) is 18.4 Å². The van der Waals surface area contributed by atoms with Gasteiger partial charge in [-0.25, -0.2) is 0 Å². The van der Waals surface area contributed by atoms with Gasteiger partial charge in [0.25, 0.3) is 5.91 Å². The molecule has 2 aliphatic heterocycles. The van der Waals surface area contributed by atoms with Crippen LogP contribution in [0.4, 0.5) is 5.69 Å². The van der Waals surface area contributed by atoms with Crippen LogP contribution in [0, 0.1) is 5.92 Å². The molecule has 34 heavy (non-hydrogen) atoms. The van der Waals surface area contributed by atoms with Crippen molar-refractivity contribution in [3.8, 4) is 11.5 Å². The number of benzene rings is 2. The number of piperidine rings is 2. The number of hydrogen-bond acceptors (Lipinski definition) is 6. The fraction of sp³-hybridized carbons (Fsp3) is 0.519. The molecule has 0 aromatic heterocycles. The van der Waals surface area contributed by atoms with Crippen LogP contribution in [0.15, 0.2) is 42.5 Å². The molecule has 1 atom stereocenters. The van der Waals surface area contributed by atoms with E-state index < -0.39 is 0 Å². The molecule has 2 N–H and O–H groups in total. The minimum absolute atomic E-state index is 0.0720. The molecule has 7 nitrogen and oxygen atoms in total. The Bertz CT molecular complexity index is 941. The number of anilines is 1. The van der Waals surface area contributed by atoms with Crippen molar-refractivity contribution < 1.29 is 19.4 Å². The lowest BCUT2D eigenvalue weighted by molar-refractivity contribution is 0.0620. The number of nitrogens with one attached hydrogen (secondary N) is 1. The first-order valence-electron chi connectivity index (χ1n) is 12.3. The summed E-state index contributed by atoms with van der Waals surface area (Å²) in [6.45, 7) is 4.36. The number of likely N-dealkylation sites (tertiary alicyclic amines) is 1. The second-order valence-corrected chi connectivity index (χ2v) is 9.32. The van der Waals surface area contributed by atoms with Crippen molar-refractivity contribution in [2.45, 2.75) is 38.3 Å². The van der Waals surface area contributed by atoms with Gasteiger partial charge in [-0.15, -0.1) is 0 Å². The van der Waals surface area contributed by atoms with Crippen molar-refractivity contribution in [1.29, 1.82) is 0 Å². The standard InChI is InChI=1S/C27H37N3O4/c1-33-25-10-5-20(16-26(25)34-2)17-28-23-11-14-29(15-12-23)24-8-6-22(7-9-24)27(32)30-13-3-4-21(18-30)19-31/h5-10,16,21,23,28,31H,3-4,11-15,17-19H2,1-2H3/t21-/m0/s1. The molecule has 7 heteroatoms. The summed E-state index contributed by atoms with van der Waals surface area (Å²) >= 11 is 0. The summed E-state index contributed by atoms with van der Waals surface area (Å²) in [7, 11) is 3.31. The molecule has 1 amide bonds. The number of hydrogen-bond donors (Lipinski definition) is 2. The third-order valence-electron chi connectivity index (χ3n) is 7.08. The summed E-state index contributed by atoms with van der Waals surface area (Å²) in [6, 6.07) is 14.5. The fourth-order valence-electron chi connectivity index (χ4n) is 4.99. The van der Waals surface area contributed by atoms with Gasteiger partial charge < -0.3 is 29.7 Å². The van der Waals surface area contributed by atoms with Gasteiger partial charge in [0.1, 0.15) is 0 Å². The van der Waals surface area contributed by atoms with E-state index in [2.05, 4.69) is 28.4 Å². The number of carbonyl (C=O) groups is 1. The van der Waals surface area contributed by atoms with Crippen LogP contribution in [0.1, 0.15) is 41.6 Å². The second-order valence-electron chi connectivity index (χ2n) is 9.32. The molecule has 2 fully saturated rings. The van der Waals surface area contributed by atoms with E-state index in [4.69, 9.17) is 9.47 Å². The number of methoxy groups -OCH3 is 2. The van der Waals surface area contributed by atoms with E-state index in [1.165, 1.54) is 11.3 Å². The molecule has 2 aliphatic rings. The van der Waals surface area contributed by atoms with Crippen molar-refractivity contribution in [2.75, 3.05) is 51.9 Å². The zero-order chi connectivity index (χ0) is 23.9. The Morgan fingerprint density at radius 2 is 1.74 bits per heavy atom. The summed E-state index contributed by atoms with van der Waals surface area (Å²) in [6.07, 6.45) is 4.11. The van der Waals surface area contributed by atoms with Gasteiger partial charge in [-0.1, -0.05) is 6.07 Å². The van der Waals surface area contributed by atoms with Crippen molar-refractivity contribution in [3.05, 3.63) is 53.6 Å². The Morgan fingerprint density at radius 1 is 1.00 bits per heavy atom. The fourth-order valence-corrected chi connectivity index (χ4v) is 4.99. The molecular formula is C27H37N3O4. The van der Waals surface area contributed by atoms with Gasteiger partial charge in [-0.3, -0.25) is 4.79 Å². The minimum atomic E-state index is 0.0720. The van der Waals surface area contributed by atoms with Gasteiger partial charge in [0.05, 0.1) is 14.2 Å². The van der Waals surface area contributed by atoms with Crippen molar-refractivity contribution >= 4 is 11.6 Å². The Kier molecular flexibility index (Phi) is 8.29. The van der Waals surface area contributed by atoms with Crippen LogP contribution in [0.3, 0.4) is 0 Å². The highest BCUT2D eigenvalue weighted by Gasteiger charge is 2.24. The molecule has 0 unspecified atom stereocenters. The van der Waals surface area contributed by atoms with Gasteiger partial charge in [-0.2, -0.15) is 0 Å². The maximum absolute atomic E-state index is 12.9. The lowest BCUT2D eigenvalue weighted by Crippen LogP contribution is -2.42. The Balaban J connectivity index is 1.26. The van der Waals surface area contributed by atoms with Crippen LogP contribution < -0.4 is 19.7 Å². The molecule has 2 aromatic rings. The first-order valence-corrected chi connectivity index (χ1v) is 12.3. The molecule has 0 spiro atoms. The van der Waals surface area contributed by atoms with Crippen LogP contribution in [-0.4, -0.2) is 69.0 Å². The first-order chi connectivity index (χ1) is 16.6. The summed E-state index contributed by atoms with van der Waals surface area (Å²) in [5.41, 5.74) is 3.08. The zero-order valence-electron chi connectivity index (χ0n) is 20.3. The Hall–Kier alpha value is -2.77. The molecule has 0 radical (unpaired) electrons. The number of nitrogens with zero attached hydrogens (tertiary/aromatic N) is 2. The minimum Gasteiger partial charge on any atom is -0.493 e. The number of amides is 1. The Morgan fingerprint density at radius 3 is 2.41 bits per heavy atom. The quantitative estimate of drug-likeness (QED) is 0.621. The van der Waals surface area contributed by atoms with Gasteiger partial charge in [0.15, 0.2) is 11.5 Å². The molecule has 2 aromatic carbocycles. The summed E-state index contributed by atoms with van der Waals surface area (Å²) in [4.78, 5) is 17.1. The van der Waals surface area contributed by atoms with Crippen molar-refractivity contribution in [3.63, 3.8) is 0 Å². The second kappa shape index (κ2) is 11.6. The first kappa shape index (κ1) is 24.4. The third kappa shape index (κ3) is 5.83. The Labute approximate surface area is 202 Å². The topological polar surface area (TPSA) is 74.3 Å². The van der Waals surface area contributed by atoms with E-state index in [0.29, 0.717) is 12.6 Å². The summed E-state index contributed by atoms with van der Waals surface area (Å²) in [5, 5.41) is 13.1. The van der Waals surface area contributed by atoms with E-state index in [0.717, 1.165) is 68.9 Å².